The zero-order chi connectivity index (χ0) is 25.9. The average molecular weight is 473 g/mol. The van der Waals surface area contributed by atoms with Gasteiger partial charge < -0.3 is 14.6 Å². The molecule has 0 aromatic carbocycles. The van der Waals surface area contributed by atoms with E-state index in [4.69, 9.17) is 9.47 Å². The Bertz CT molecular complexity index is 889. The Hall–Kier alpha value is -2.40. The predicted molar refractivity (Wildman–Crippen MR) is 138 cm³/mol. The van der Waals surface area contributed by atoms with Crippen LogP contribution in [-0.2, 0) is 19.1 Å². The first-order valence-electron chi connectivity index (χ1n) is 12.2. The van der Waals surface area contributed by atoms with Crippen LogP contribution in [0.25, 0.3) is 0 Å². The highest BCUT2D eigenvalue weighted by Gasteiger charge is 2.35. The van der Waals surface area contributed by atoms with E-state index >= 15 is 0 Å². The van der Waals surface area contributed by atoms with Crippen LogP contribution in [0.4, 0.5) is 0 Å². The molecule has 0 saturated carbocycles. The molecular formula is C29H44O5. The first-order valence-corrected chi connectivity index (χ1v) is 12.2. The van der Waals surface area contributed by atoms with E-state index in [0.717, 1.165) is 32.1 Å². The largest absolute Gasteiger partial charge is 0.489 e. The minimum absolute atomic E-state index is 0.0564. The SMILES string of the molecule is COC1=C(OC)C(=O)C(CCC(C)(O)CC/C=C(\C)CC/C=C(\C)CCC=C(C)C)=C(C)C1=O. The number of carbonyl (C=O) groups excluding carboxylic acids is 2. The normalized spacial score (nSPS) is 17.2. The van der Waals surface area contributed by atoms with Crippen LogP contribution in [0.5, 0.6) is 0 Å². The van der Waals surface area contributed by atoms with Gasteiger partial charge in [0.05, 0.1) is 19.8 Å². The topological polar surface area (TPSA) is 72.8 Å². The first kappa shape index (κ1) is 29.6. The zero-order valence-corrected chi connectivity index (χ0v) is 22.5. The minimum atomic E-state index is -0.937. The molecule has 0 aromatic rings. The lowest BCUT2D eigenvalue weighted by atomic mass is 9.85. The molecule has 5 heteroatoms. The molecule has 190 valence electrons. The minimum Gasteiger partial charge on any atom is -0.489 e. The summed E-state index contributed by atoms with van der Waals surface area (Å²) in [5, 5.41) is 10.9. The molecule has 0 amide bonds. The first-order chi connectivity index (χ1) is 15.9. The number of ketones is 2. The molecule has 1 aliphatic rings. The molecule has 1 aliphatic carbocycles. The molecule has 1 N–H and O–H groups in total. The smallest absolute Gasteiger partial charge is 0.228 e. The van der Waals surface area contributed by atoms with Crippen molar-refractivity contribution in [2.24, 2.45) is 0 Å². The van der Waals surface area contributed by atoms with Crippen molar-refractivity contribution in [2.75, 3.05) is 14.2 Å². The van der Waals surface area contributed by atoms with Gasteiger partial charge in [0.2, 0.25) is 23.1 Å². The molecule has 5 nitrogen and oxygen atoms in total. The van der Waals surface area contributed by atoms with Crippen molar-refractivity contribution < 1.29 is 24.2 Å². The van der Waals surface area contributed by atoms with Crippen molar-refractivity contribution in [2.45, 2.75) is 98.5 Å². The molecule has 0 aromatic heterocycles. The van der Waals surface area contributed by atoms with E-state index in [9.17, 15) is 14.7 Å². The Morgan fingerprint density at radius 1 is 0.824 bits per heavy atom. The van der Waals surface area contributed by atoms with Crippen LogP contribution in [0, 0.1) is 0 Å². The summed E-state index contributed by atoms with van der Waals surface area (Å²) in [6, 6.07) is 0. The van der Waals surface area contributed by atoms with E-state index in [-0.39, 0.29) is 23.1 Å². The number of ether oxygens (including phenoxy) is 2. The Morgan fingerprint density at radius 3 is 1.85 bits per heavy atom. The third kappa shape index (κ3) is 9.46. The summed E-state index contributed by atoms with van der Waals surface area (Å²) in [5.74, 6) is -0.799. The third-order valence-corrected chi connectivity index (χ3v) is 6.31. The molecule has 0 bridgehead atoms. The maximum atomic E-state index is 12.8. The van der Waals surface area contributed by atoms with Gasteiger partial charge in [-0.05, 0) is 92.9 Å². The number of allylic oxidation sites excluding steroid dienone is 8. The Kier molecular flexibility index (Phi) is 12.3. The lowest BCUT2D eigenvalue weighted by Gasteiger charge is -2.25. The monoisotopic (exact) mass is 472 g/mol. The van der Waals surface area contributed by atoms with Gasteiger partial charge >= 0.3 is 0 Å². The summed E-state index contributed by atoms with van der Waals surface area (Å²) >= 11 is 0. The van der Waals surface area contributed by atoms with Gasteiger partial charge in [0, 0.05) is 11.1 Å². The standard InChI is InChI=1S/C29H44O5/c1-20(2)12-9-13-21(3)14-10-15-22(4)16-11-18-29(6,32)19-17-24-23(5)25(30)27(33-7)28(34-8)26(24)31/h12,14,16,32H,9-11,13,15,17-19H2,1-8H3/b21-14+,22-16+. The van der Waals surface area contributed by atoms with Gasteiger partial charge in [0.15, 0.2) is 0 Å². The number of hydrogen-bond acceptors (Lipinski definition) is 5. The van der Waals surface area contributed by atoms with Gasteiger partial charge in [-0.1, -0.05) is 34.9 Å². The zero-order valence-electron chi connectivity index (χ0n) is 22.5. The summed E-state index contributed by atoms with van der Waals surface area (Å²) in [7, 11) is 2.70. The Morgan fingerprint density at radius 2 is 1.32 bits per heavy atom. The van der Waals surface area contributed by atoms with Crippen molar-refractivity contribution in [1.82, 2.24) is 0 Å². The molecule has 0 spiro atoms. The lowest BCUT2D eigenvalue weighted by molar-refractivity contribution is -0.121. The molecule has 1 unspecified atom stereocenters. The summed E-state index contributed by atoms with van der Waals surface area (Å²) in [6.45, 7) is 12.0. The molecule has 0 aliphatic heterocycles. The molecule has 0 saturated heterocycles. The van der Waals surface area contributed by atoms with Crippen LogP contribution in [0.2, 0.25) is 0 Å². The van der Waals surface area contributed by atoms with Crippen LogP contribution in [-0.4, -0.2) is 36.5 Å². The van der Waals surface area contributed by atoms with Gasteiger partial charge in [-0.15, -0.1) is 0 Å². The molecule has 1 atom stereocenters. The van der Waals surface area contributed by atoms with E-state index in [2.05, 4.69) is 45.9 Å². The predicted octanol–water partition coefficient (Wildman–Crippen LogP) is 6.69. The van der Waals surface area contributed by atoms with Crippen LogP contribution >= 0.6 is 0 Å². The number of carbonyl (C=O) groups is 2. The summed E-state index contributed by atoms with van der Waals surface area (Å²) < 4.78 is 10.2. The molecular weight excluding hydrogens is 428 g/mol. The van der Waals surface area contributed by atoms with Crippen molar-refractivity contribution in [3.05, 3.63) is 57.6 Å². The maximum absolute atomic E-state index is 12.8. The van der Waals surface area contributed by atoms with Crippen molar-refractivity contribution in [3.63, 3.8) is 0 Å². The fourth-order valence-electron chi connectivity index (χ4n) is 3.98. The number of Topliss-reactive ketones (excluding diaryl/α,β-unsaturated/α-hetero) is 2. The average Bonchev–Trinajstić information content (AvgIpc) is 2.75. The fraction of sp³-hybridized carbons (Fsp3) is 0.586. The van der Waals surface area contributed by atoms with E-state index < -0.39 is 5.60 Å². The highest BCUT2D eigenvalue weighted by Crippen LogP contribution is 2.31. The number of hydrogen-bond donors (Lipinski definition) is 1. The summed E-state index contributed by atoms with van der Waals surface area (Å²) in [6.07, 6.45) is 13.1. The Labute approximate surface area is 206 Å². The van der Waals surface area contributed by atoms with E-state index in [1.807, 2.05) is 0 Å². The quantitative estimate of drug-likeness (QED) is 0.225. The van der Waals surface area contributed by atoms with Crippen LogP contribution in [0.1, 0.15) is 92.9 Å². The highest BCUT2D eigenvalue weighted by atomic mass is 16.5. The van der Waals surface area contributed by atoms with Gasteiger partial charge in [0.25, 0.3) is 0 Å². The van der Waals surface area contributed by atoms with Crippen molar-refractivity contribution in [1.29, 1.82) is 0 Å². The Balaban J connectivity index is 2.57. The molecule has 0 heterocycles. The summed E-state index contributed by atoms with van der Waals surface area (Å²) in [5.41, 5.74) is 3.92. The van der Waals surface area contributed by atoms with Crippen LogP contribution in [0.3, 0.4) is 0 Å². The second kappa shape index (κ2) is 14.1. The molecule has 0 fully saturated rings. The van der Waals surface area contributed by atoms with Crippen molar-refractivity contribution in [3.8, 4) is 0 Å². The second-order valence-corrected chi connectivity index (χ2v) is 9.82. The molecule has 34 heavy (non-hydrogen) atoms. The van der Waals surface area contributed by atoms with E-state index in [0.29, 0.717) is 30.4 Å². The van der Waals surface area contributed by atoms with E-state index in [1.165, 1.54) is 30.9 Å². The molecule has 0 radical (unpaired) electrons. The van der Waals surface area contributed by atoms with Gasteiger partial charge in [-0.2, -0.15) is 0 Å². The van der Waals surface area contributed by atoms with Gasteiger partial charge in [-0.25, -0.2) is 0 Å². The number of aliphatic hydroxyl groups is 1. The highest BCUT2D eigenvalue weighted by molar-refractivity contribution is 6.23. The van der Waals surface area contributed by atoms with Crippen molar-refractivity contribution >= 4 is 11.6 Å². The molecule has 1 rings (SSSR count). The summed E-state index contributed by atoms with van der Waals surface area (Å²) in [4.78, 5) is 25.3. The van der Waals surface area contributed by atoms with E-state index in [1.54, 1.807) is 13.8 Å². The lowest BCUT2D eigenvalue weighted by Crippen LogP contribution is -2.28. The number of rotatable bonds is 14. The maximum Gasteiger partial charge on any atom is 0.228 e. The third-order valence-electron chi connectivity index (χ3n) is 6.31. The van der Waals surface area contributed by atoms with Gasteiger partial charge in [0.1, 0.15) is 0 Å². The second-order valence-electron chi connectivity index (χ2n) is 9.82. The van der Waals surface area contributed by atoms with Crippen LogP contribution in [0.15, 0.2) is 57.6 Å². The number of methoxy groups -OCH3 is 2. The van der Waals surface area contributed by atoms with Crippen LogP contribution < -0.4 is 0 Å². The fourth-order valence-corrected chi connectivity index (χ4v) is 3.98. The van der Waals surface area contributed by atoms with Gasteiger partial charge in [-0.3, -0.25) is 9.59 Å².